The van der Waals surface area contributed by atoms with E-state index in [1.54, 1.807) is 4.90 Å². The summed E-state index contributed by atoms with van der Waals surface area (Å²) in [5.41, 5.74) is 3.77. The third kappa shape index (κ3) is 7.08. The number of rotatable bonds is 16. The highest BCUT2D eigenvalue weighted by Crippen LogP contribution is 2.51. The molecule has 1 fully saturated rings. The Morgan fingerprint density at radius 3 is 1.38 bits per heavy atom. The molecular formula is C36H54N2O4. The molecule has 0 unspecified atom stereocenters. The summed E-state index contributed by atoms with van der Waals surface area (Å²) in [4.78, 5) is 30.5. The lowest BCUT2D eigenvalue weighted by Gasteiger charge is -2.53. The molecule has 4 N–H and O–H groups in total. The highest BCUT2D eigenvalue weighted by Gasteiger charge is 2.56. The number of aliphatic hydroxyl groups is 2. The monoisotopic (exact) mass is 578 g/mol. The molecule has 0 bridgehead atoms. The lowest BCUT2D eigenvalue weighted by molar-refractivity contribution is -0.177. The van der Waals surface area contributed by atoms with E-state index in [9.17, 15) is 15.0 Å². The van der Waals surface area contributed by atoms with Crippen LogP contribution >= 0.6 is 0 Å². The van der Waals surface area contributed by atoms with Crippen LogP contribution in [0.1, 0.15) is 134 Å². The molecule has 3 rings (SSSR count). The van der Waals surface area contributed by atoms with Gasteiger partial charge in [-0.05, 0) is 49.7 Å². The van der Waals surface area contributed by atoms with Crippen LogP contribution in [0.25, 0.3) is 0 Å². The molecule has 0 heterocycles. The fourth-order valence-electron chi connectivity index (χ4n) is 7.61. The quantitative estimate of drug-likeness (QED) is 0.181. The highest BCUT2D eigenvalue weighted by atomic mass is 16.3. The van der Waals surface area contributed by atoms with Gasteiger partial charge in [0.25, 0.3) is 0 Å². The van der Waals surface area contributed by atoms with Gasteiger partial charge in [0.1, 0.15) is 5.41 Å². The summed E-state index contributed by atoms with van der Waals surface area (Å²) in [6.07, 6.45) is 7.89. The molecule has 6 nitrogen and oxygen atoms in total. The molecule has 6 heteroatoms. The topological polar surface area (TPSA) is 104 Å². The minimum absolute atomic E-state index is 0.367. The average molecular weight is 579 g/mol. The first-order valence-corrected chi connectivity index (χ1v) is 16.3. The number of nitrogens with zero attached hydrogens (tertiary/aromatic N) is 1. The molecule has 0 saturated heterocycles. The van der Waals surface area contributed by atoms with E-state index in [-0.39, 0.29) is 5.91 Å². The highest BCUT2D eigenvalue weighted by molar-refractivity contribution is 6.05. The van der Waals surface area contributed by atoms with Crippen LogP contribution < -0.4 is 5.73 Å². The van der Waals surface area contributed by atoms with Crippen molar-refractivity contribution in [2.24, 2.45) is 11.1 Å². The van der Waals surface area contributed by atoms with Crippen LogP contribution in [-0.2, 0) is 9.59 Å². The second-order valence-corrected chi connectivity index (χ2v) is 12.6. The number of carbonyl (C=O) groups is 2. The van der Waals surface area contributed by atoms with Gasteiger partial charge in [0.2, 0.25) is 11.8 Å². The van der Waals surface area contributed by atoms with E-state index in [2.05, 4.69) is 0 Å². The minimum atomic E-state index is -1.39. The van der Waals surface area contributed by atoms with Crippen molar-refractivity contribution in [2.45, 2.75) is 134 Å². The van der Waals surface area contributed by atoms with E-state index in [1.807, 2.05) is 88.4 Å². The predicted octanol–water partition coefficient (Wildman–Crippen LogP) is 7.40. The van der Waals surface area contributed by atoms with Gasteiger partial charge < -0.3 is 20.8 Å². The number of carbonyl (C=O) groups excluding carboxylic acids is 2. The lowest BCUT2D eigenvalue weighted by atomic mass is 9.69. The molecule has 1 aliphatic rings. The Bertz CT molecular complexity index is 1040. The Labute approximate surface area is 253 Å². The van der Waals surface area contributed by atoms with Crippen molar-refractivity contribution in [3.05, 3.63) is 71.8 Å². The third-order valence-electron chi connectivity index (χ3n) is 9.36. The largest absolute Gasteiger partial charge is 0.387 e. The molecule has 0 spiro atoms. The maximum Gasteiger partial charge on any atom is 0.239 e. The summed E-state index contributed by atoms with van der Waals surface area (Å²) < 4.78 is 0. The Balaban J connectivity index is 2.48. The van der Waals surface area contributed by atoms with Crippen LogP contribution in [0.2, 0.25) is 0 Å². The molecule has 2 aromatic carbocycles. The first kappa shape index (κ1) is 33.8. The number of benzene rings is 2. The SMILES string of the molecule is CCCC(O)(CCC)[C@@H](c1ccccc1)N(C(=O)C1(C(N)=O)CCCCC1)[C@H](c1ccccc1)C(O)(CCC)CCC. The summed E-state index contributed by atoms with van der Waals surface area (Å²) in [7, 11) is 0. The summed E-state index contributed by atoms with van der Waals surface area (Å²) in [5.74, 6) is -0.978. The first-order valence-electron chi connectivity index (χ1n) is 16.3. The zero-order chi connectivity index (χ0) is 30.8. The predicted molar refractivity (Wildman–Crippen MR) is 169 cm³/mol. The van der Waals surface area contributed by atoms with Crippen molar-refractivity contribution in [2.75, 3.05) is 0 Å². The number of hydrogen-bond acceptors (Lipinski definition) is 4. The fraction of sp³-hybridized carbons (Fsp3) is 0.611. The van der Waals surface area contributed by atoms with Crippen molar-refractivity contribution < 1.29 is 19.8 Å². The maximum absolute atomic E-state index is 15.4. The van der Waals surface area contributed by atoms with Crippen LogP contribution in [0.15, 0.2) is 60.7 Å². The number of hydrogen-bond donors (Lipinski definition) is 3. The zero-order valence-corrected chi connectivity index (χ0v) is 26.4. The summed E-state index contributed by atoms with van der Waals surface area (Å²) in [6, 6.07) is 17.8. The van der Waals surface area contributed by atoms with E-state index in [0.29, 0.717) is 64.2 Å². The Hall–Kier alpha value is -2.70. The van der Waals surface area contributed by atoms with Gasteiger partial charge in [-0.25, -0.2) is 0 Å². The Morgan fingerprint density at radius 1 is 0.714 bits per heavy atom. The van der Waals surface area contributed by atoms with Crippen LogP contribution in [0.4, 0.5) is 0 Å². The second-order valence-electron chi connectivity index (χ2n) is 12.6. The number of amides is 2. The van der Waals surface area contributed by atoms with Gasteiger partial charge in [0.15, 0.2) is 0 Å². The van der Waals surface area contributed by atoms with Crippen molar-refractivity contribution in [3.8, 4) is 0 Å². The lowest BCUT2D eigenvalue weighted by Crippen LogP contribution is -2.61. The second kappa shape index (κ2) is 15.2. The van der Waals surface area contributed by atoms with Crippen LogP contribution in [0.3, 0.4) is 0 Å². The van der Waals surface area contributed by atoms with Gasteiger partial charge in [-0.3, -0.25) is 9.59 Å². The molecule has 1 saturated carbocycles. The zero-order valence-electron chi connectivity index (χ0n) is 26.4. The summed E-state index contributed by atoms with van der Waals surface area (Å²) in [6.45, 7) is 8.17. The van der Waals surface area contributed by atoms with E-state index < -0.39 is 34.6 Å². The standard InChI is InChI=1S/C36H54N2O4/c1-5-22-35(41,23-6-2)30(28-18-12-9-13-19-28)38(33(40)34(32(37)39)26-16-11-17-27-34)31(29-20-14-10-15-21-29)36(42,24-7-3)25-8-4/h9-10,12-15,18-21,30-31,41-42H,5-8,11,16-17,22-27H2,1-4H3,(H2,37,39)/t30-,31-/m1/s1. The van der Waals surface area contributed by atoms with E-state index >= 15 is 4.79 Å². The van der Waals surface area contributed by atoms with Gasteiger partial charge >= 0.3 is 0 Å². The fourth-order valence-corrected chi connectivity index (χ4v) is 7.61. The van der Waals surface area contributed by atoms with E-state index in [1.165, 1.54) is 0 Å². The maximum atomic E-state index is 15.4. The average Bonchev–Trinajstić information content (AvgIpc) is 2.98. The minimum Gasteiger partial charge on any atom is -0.387 e. The molecular weight excluding hydrogens is 524 g/mol. The van der Waals surface area contributed by atoms with Crippen LogP contribution in [0, 0.1) is 5.41 Å². The third-order valence-corrected chi connectivity index (χ3v) is 9.36. The molecule has 0 aliphatic heterocycles. The van der Waals surface area contributed by atoms with E-state index in [4.69, 9.17) is 5.73 Å². The first-order chi connectivity index (χ1) is 20.1. The molecule has 2 aromatic rings. The van der Waals surface area contributed by atoms with E-state index in [0.717, 1.165) is 30.4 Å². The van der Waals surface area contributed by atoms with Crippen molar-refractivity contribution >= 4 is 11.8 Å². The molecule has 2 atom stereocenters. The summed E-state index contributed by atoms with van der Waals surface area (Å²) in [5, 5.41) is 25.4. The molecule has 232 valence electrons. The Kier molecular flexibility index (Phi) is 12.2. The molecule has 0 aromatic heterocycles. The molecule has 1 aliphatic carbocycles. The van der Waals surface area contributed by atoms with Crippen LogP contribution in [0.5, 0.6) is 0 Å². The Morgan fingerprint density at radius 2 is 1.07 bits per heavy atom. The van der Waals surface area contributed by atoms with Gasteiger partial charge in [-0.15, -0.1) is 0 Å². The molecule has 0 radical (unpaired) electrons. The van der Waals surface area contributed by atoms with Crippen LogP contribution in [-0.4, -0.2) is 38.1 Å². The number of primary amides is 1. The molecule has 42 heavy (non-hydrogen) atoms. The normalized spacial score (nSPS) is 16.9. The summed E-state index contributed by atoms with van der Waals surface area (Å²) >= 11 is 0. The number of nitrogens with two attached hydrogens (primary N) is 1. The van der Waals surface area contributed by atoms with Gasteiger partial charge in [0, 0.05) is 0 Å². The van der Waals surface area contributed by atoms with Crippen molar-refractivity contribution in [3.63, 3.8) is 0 Å². The van der Waals surface area contributed by atoms with Gasteiger partial charge in [-0.2, -0.15) is 0 Å². The van der Waals surface area contributed by atoms with Gasteiger partial charge in [-0.1, -0.05) is 133 Å². The smallest absolute Gasteiger partial charge is 0.239 e. The van der Waals surface area contributed by atoms with Crippen molar-refractivity contribution in [1.82, 2.24) is 4.90 Å². The van der Waals surface area contributed by atoms with Gasteiger partial charge in [0.05, 0.1) is 23.3 Å². The van der Waals surface area contributed by atoms with Crippen molar-refractivity contribution in [1.29, 1.82) is 0 Å². The molecule has 2 amide bonds.